The Morgan fingerprint density at radius 2 is 2.10 bits per heavy atom. The van der Waals surface area contributed by atoms with E-state index in [-0.39, 0.29) is 0 Å². The molecule has 1 aromatic rings. The zero-order valence-corrected chi connectivity index (χ0v) is 12.3. The average Bonchev–Trinajstić information content (AvgIpc) is 2.48. The van der Waals surface area contributed by atoms with Crippen molar-refractivity contribution in [2.24, 2.45) is 5.41 Å². The minimum absolute atomic E-state index is 0.305. The first-order valence-corrected chi connectivity index (χ1v) is 7.18. The van der Waals surface area contributed by atoms with Gasteiger partial charge in [0.1, 0.15) is 5.41 Å². The molecule has 1 fully saturated rings. The van der Waals surface area contributed by atoms with Gasteiger partial charge in [0.15, 0.2) is 0 Å². The standard InChI is InChI=1S/C16H23NO3/c1-3-13-5-7-14(8-6-13)17(2)11-16(15(18)19)9-4-10-20-12-16/h5-8H,3-4,9-12H2,1-2H3,(H,18,19). The molecule has 0 aromatic heterocycles. The van der Waals surface area contributed by atoms with Gasteiger partial charge in [-0.15, -0.1) is 0 Å². The molecule has 1 aromatic carbocycles. The monoisotopic (exact) mass is 277 g/mol. The van der Waals surface area contributed by atoms with Gasteiger partial charge in [0, 0.05) is 25.9 Å². The van der Waals surface area contributed by atoms with Crippen LogP contribution >= 0.6 is 0 Å². The molecule has 0 amide bonds. The highest BCUT2D eigenvalue weighted by molar-refractivity contribution is 5.76. The molecule has 1 saturated heterocycles. The number of benzene rings is 1. The first-order valence-electron chi connectivity index (χ1n) is 7.18. The van der Waals surface area contributed by atoms with E-state index in [0.29, 0.717) is 26.2 Å². The number of carbonyl (C=O) groups is 1. The molecule has 1 atom stereocenters. The molecular formula is C16H23NO3. The van der Waals surface area contributed by atoms with Crippen molar-refractivity contribution in [3.8, 4) is 0 Å². The number of nitrogens with zero attached hydrogens (tertiary/aromatic N) is 1. The maximum atomic E-state index is 11.6. The maximum Gasteiger partial charge on any atom is 0.313 e. The van der Waals surface area contributed by atoms with E-state index in [1.807, 2.05) is 11.9 Å². The summed E-state index contributed by atoms with van der Waals surface area (Å²) in [6.07, 6.45) is 2.51. The van der Waals surface area contributed by atoms with Crippen LogP contribution in [0.3, 0.4) is 0 Å². The zero-order valence-electron chi connectivity index (χ0n) is 12.3. The number of aryl methyl sites for hydroxylation is 1. The highest BCUT2D eigenvalue weighted by atomic mass is 16.5. The molecule has 0 aliphatic carbocycles. The Hall–Kier alpha value is -1.55. The summed E-state index contributed by atoms with van der Waals surface area (Å²) in [5.74, 6) is -0.755. The van der Waals surface area contributed by atoms with Crippen LogP contribution in [0.4, 0.5) is 5.69 Å². The van der Waals surface area contributed by atoms with Gasteiger partial charge in [-0.25, -0.2) is 0 Å². The Labute approximate surface area is 120 Å². The molecule has 1 aliphatic heterocycles. The Bertz CT molecular complexity index is 449. The summed E-state index contributed by atoms with van der Waals surface area (Å²) in [6, 6.07) is 8.30. The lowest BCUT2D eigenvalue weighted by atomic mass is 9.82. The smallest absolute Gasteiger partial charge is 0.313 e. The van der Waals surface area contributed by atoms with Gasteiger partial charge in [0.25, 0.3) is 0 Å². The molecule has 1 unspecified atom stereocenters. The van der Waals surface area contributed by atoms with Crippen molar-refractivity contribution < 1.29 is 14.6 Å². The van der Waals surface area contributed by atoms with E-state index in [4.69, 9.17) is 4.74 Å². The number of anilines is 1. The molecule has 110 valence electrons. The molecule has 4 heteroatoms. The fourth-order valence-electron chi connectivity index (χ4n) is 2.74. The van der Waals surface area contributed by atoms with E-state index in [1.165, 1.54) is 5.56 Å². The van der Waals surface area contributed by atoms with Crippen molar-refractivity contribution in [2.75, 3.05) is 31.7 Å². The largest absolute Gasteiger partial charge is 0.481 e. The van der Waals surface area contributed by atoms with Gasteiger partial charge in [-0.05, 0) is 37.0 Å². The number of rotatable bonds is 5. The molecule has 1 heterocycles. The zero-order chi connectivity index (χ0) is 14.6. The predicted molar refractivity (Wildman–Crippen MR) is 79.2 cm³/mol. The third-order valence-electron chi connectivity index (χ3n) is 4.10. The normalized spacial score (nSPS) is 22.5. The molecule has 4 nitrogen and oxygen atoms in total. The summed E-state index contributed by atoms with van der Waals surface area (Å²) >= 11 is 0. The molecule has 0 saturated carbocycles. The lowest BCUT2D eigenvalue weighted by Crippen LogP contribution is -2.47. The van der Waals surface area contributed by atoms with E-state index in [0.717, 1.165) is 18.5 Å². The summed E-state index contributed by atoms with van der Waals surface area (Å²) in [5.41, 5.74) is 1.56. The first-order chi connectivity index (χ1) is 9.57. The van der Waals surface area contributed by atoms with Crippen molar-refractivity contribution in [1.29, 1.82) is 0 Å². The number of aliphatic carboxylic acids is 1. The predicted octanol–water partition coefficient (Wildman–Crippen LogP) is 2.57. The molecule has 1 N–H and O–H groups in total. The van der Waals surface area contributed by atoms with Crippen LogP contribution < -0.4 is 4.90 Å². The lowest BCUT2D eigenvalue weighted by Gasteiger charge is -2.37. The minimum atomic E-state index is -0.781. The highest BCUT2D eigenvalue weighted by Crippen LogP contribution is 2.31. The van der Waals surface area contributed by atoms with Crippen molar-refractivity contribution in [3.05, 3.63) is 29.8 Å². The van der Waals surface area contributed by atoms with Crippen LogP contribution in [0.25, 0.3) is 0 Å². The second-order valence-electron chi connectivity index (χ2n) is 5.62. The highest BCUT2D eigenvalue weighted by Gasteiger charge is 2.41. The summed E-state index contributed by atoms with van der Waals surface area (Å²) in [4.78, 5) is 13.7. The van der Waals surface area contributed by atoms with Crippen LogP contribution in [0.2, 0.25) is 0 Å². The Morgan fingerprint density at radius 1 is 1.40 bits per heavy atom. The van der Waals surface area contributed by atoms with Crippen LogP contribution in [-0.4, -0.2) is 37.9 Å². The first kappa shape index (κ1) is 14.9. The van der Waals surface area contributed by atoms with Crippen LogP contribution in [-0.2, 0) is 16.0 Å². The van der Waals surface area contributed by atoms with Gasteiger partial charge in [-0.2, -0.15) is 0 Å². The van der Waals surface area contributed by atoms with Gasteiger partial charge >= 0.3 is 5.97 Å². The number of ether oxygens (including phenoxy) is 1. The van der Waals surface area contributed by atoms with Crippen LogP contribution in [0.5, 0.6) is 0 Å². The number of hydrogen-bond donors (Lipinski definition) is 1. The SMILES string of the molecule is CCc1ccc(N(C)CC2(C(=O)O)CCCOC2)cc1. The van der Waals surface area contributed by atoms with Gasteiger partial charge in [-0.1, -0.05) is 19.1 Å². The molecule has 1 aliphatic rings. The molecular weight excluding hydrogens is 254 g/mol. The van der Waals surface area contributed by atoms with Crippen molar-refractivity contribution in [2.45, 2.75) is 26.2 Å². The van der Waals surface area contributed by atoms with Crippen LogP contribution in [0.1, 0.15) is 25.3 Å². The number of carboxylic acid groups (broad SMARTS) is 1. The topological polar surface area (TPSA) is 49.8 Å². The maximum absolute atomic E-state index is 11.6. The number of hydrogen-bond acceptors (Lipinski definition) is 3. The van der Waals surface area contributed by atoms with Crippen molar-refractivity contribution in [1.82, 2.24) is 0 Å². The number of carboxylic acids is 1. The second kappa shape index (κ2) is 6.27. The fraction of sp³-hybridized carbons (Fsp3) is 0.562. The van der Waals surface area contributed by atoms with E-state index in [9.17, 15) is 9.90 Å². The average molecular weight is 277 g/mol. The van der Waals surface area contributed by atoms with E-state index < -0.39 is 11.4 Å². The Balaban J connectivity index is 2.11. The molecule has 0 radical (unpaired) electrons. The Morgan fingerprint density at radius 3 is 2.60 bits per heavy atom. The Kier molecular flexibility index (Phi) is 4.65. The van der Waals surface area contributed by atoms with Crippen molar-refractivity contribution >= 4 is 11.7 Å². The van der Waals surface area contributed by atoms with Crippen LogP contribution in [0, 0.1) is 5.41 Å². The molecule has 0 spiro atoms. The fourth-order valence-corrected chi connectivity index (χ4v) is 2.74. The van der Waals surface area contributed by atoms with Crippen LogP contribution in [0.15, 0.2) is 24.3 Å². The quantitative estimate of drug-likeness (QED) is 0.898. The van der Waals surface area contributed by atoms with Crippen molar-refractivity contribution in [3.63, 3.8) is 0 Å². The second-order valence-corrected chi connectivity index (χ2v) is 5.62. The van der Waals surface area contributed by atoms with Gasteiger partial charge in [0.05, 0.1) is 6.61 Å². The lowest BCUT2D eigenvalue weighted by molar-refractivity contribution is -0.156. The minimum Gasteiger partial charge on any atom is -0.481 e. The third-order valence-corrected chi connectivity index (χ3v) is 4.10. The summed E-state index contributed by atoms with van der Waals surface area (Å²) < 4.78 is 5.41. The molecule has 20 heavy (non-hydrogen) atoms. The molecule has 2 rings (SSSR count). The van der Waals surface area contributed by atoms with E-state index in [1.54, 1.807) is 0 Å². The van der Waals surface area contributed by atoms with E-state index >= 15 is 0 Å². The summed E-state index contributed by atoms with van der Waals surface area (Å²) in [6.45, 7) is 3.58. The van der Waals surface area contributed by atoms with Gasteiger partial charge in [-0.3, -0.25) is 4.79 Å². The van der Waals surface area contributed by atoms with Gasteiger partial charge in [0.2, 0.25) is 0 Å². The third kappa shape index (κ3) is 3.12. The summed E-state index contributed by atoms with van der Waals surface area (Å²) in [7, 11) is 1.94. The van der Waals surface area contributed by atoms with E-state index in [2.05, 4.69) is 31.2 Å². The van der Waals surface area contributed by atoms with Gasteiger partial charge < -0.3 is 14.7 Å². The summed E-state index contributed by atoms with van der Waals surface area (Å²) in [5, 5.41) is 9.56. The molecule has 0 bridgehead atoms.